The molecular formula is C17H31N3O. The molecule has 1 atom stereocenters. The molecule has 0 amide bonds. The summed E-state index contributed by atoms with van der Waals surface area (Å²) in [7, 11) is 1.98. The van der Waals surface area contributed by atoms with Crippen molar-refractivity contribution in [2.24, 2.45) is 13.0 Å². The monoisotopic (exact) mass is 293 g/mol. The van der Waals surface area contributed by atoms with Gasteiger partial charge >= 0.3 is 0 Å². The summed E-state index contributed by atoms with van der Waals surface area (Å²) < 4.78 is 8.22. The summed E-state index contributed by atoms with van der Waals surface area (Å²) in [5.41, 5.74) is 1.03. The van der Waals surface area contributed by atoms with Gasteiger partial charge in [-0.2, -0.15) is 5.10 Å². The van der Waals surface area contributed by atoms with E-state index in [1.54, 1.807) is 0 Å². The third kappa shape index (κ3) is 3.86. The van der Waals surface area contributed by atoms with Crippen LogP contribution in [0.2, 0.25) is 0 Å². The molecule has 0 radical (unpaired) electrons. The van der Waals surface area contributed by atoms with Gasteiger partial charge in [0.1, 0.15) is 0 Å². The van der Waals surface area contributed by atoms with Crippen molar-refractivity contribution < 1.29 is 4.74 Å². The van der Waals surface area contributed by atoms with Crippen LogP contribution in [0.25, 0.3) is 0 Å². The molecule has 0 aromatic carbocycles. The number of aryl methyl sites for hydroxylation is 1. The number of aromatic nitrogens is 2. The Morgan fingerprint density at radius 1 is 1.43 bits per heavy atom. The fraction of sp³-hybridized carbons (Fsp3) is 0.824. The second-order valence-corrected chi connectivity index (χ2v) is 6.48. The highest BCUT2D eigenvalue weighted by Gasteiger charge is 2.43. The molecule has 1 saturated carbocycles. The average molecular weight is 293 g/mol. The summed E-state index contributed by atoms with van der Waals surface area (Å²) in [6.07, 6.45) is 7.90. The fourth-order valence-electron chi connectivity index (χ4n) is 3.49. The van der Waals surface area contributed by atoms with Gasteiger partial charge in [0.05, 0.1) is 17.3 Å². The molecule has 0 spiro atoms. The minimum atomic E-state index is -0.0925. The highest BCUT2D eigenvalue weighted by Crippen LogP contribution is 2.42. The third-order valence-corrected chi connectivity index (χ3v) is 4.71. The van der Waals surface area contributed by atoms with Crippen LogP contribution in [0.3, 0.4) is 0 Å². The normalized spacial score (nSPS) is 27.7. The molecule has 0 aliphatic heterocycles. The Bertz CT molecular complexity index is 421. The largest absolute Gasteiger partial charge is 0.373 e. The number of hydrogen-bond acceptors (Lipinski definition) is 3. The molecule has 1 heterocycles. The molecule has 1 aliphatic rings. The van der Waals surface area contributed by atoms with Gasteiger partial charge in [0.25, 0.3) is 0 Å². The maximum absolute atomic E-state index is 6.33. The highest BCUT2D eigenvalue weighted by molar-refractivity contribution is 5.13. The van der Waals surface area contributed by atoms with Crippen LogP contribution in [0.15, 0.2) is 12.3 Å². The van der Waals surface area contributed by atoms with E-state index >= 15 is 0 Å². The lowest BCUT2D eigenvalue weighted by Gasteiger charge is -2.44. The lowest BCUT2D eigenvalue weighted by Crippen LogP contribution is -2.49. The van der Waals surface area contributed by atoms with Gasteiger partial charge in [-0.1, -0.05) is 13.8 Å². The Morgan fingerprint density at radius 3 is 2.67 bits per heavy atom. The van der Waals surface area contributed by atoms with E-state index in [9.17, 15) is 0 Å². The molecule has 0 bridgehead atoms. The first-order valence-corrected chi connectivity index (χ1v) is 8.48. The minimum absolute atomic E-state index is 0.0925. The lowest BCUT2D eigenvalue weighted by molar-refractivity contribution is -0.0984. The van der Waals surface area contributed by atoms with Crippen LogP contribution in [-0.4, -0.2) is 28.5 Å². The summed E-state index contributed by atoms with van der Waals surface area (Å²) >= 11 is 0. The zero-order valence-corrected chi connectivity index (χ0v) is 14.1. The van der Waals surface area contributed by atoms with Crippen molar-refractivity contribution in [2.45, 2.75) is 64.5 Å². The Labute approximate surface area is 129 Å². The molecule has 120 valence electrons. The lowest BCUT2D eigenvalue weighted by atomic mass is 9.74. The van der Waals surface area contributed by atoms with E-state index in [2.05, 4.69) is 37.3 Å². The molecule has 4 nitrogen and oxygen atoms in total. The first-order chi connectivity index (χ1) is 10.1. The summed E-state index contributed by atoms with van der Waals surface area (Å²) in [5, 5.41) is 8.37. The molecule has 1 aliphatic carbocycles. The zero-order chi connectivity index (χ0) is 15.3. The second kappa shape index (κ2) is 7.41. The van der Waals surface area contributed by atoms with Gasteiger partial charge in [-0.3, -0.25) is 4.68 Å². The highest BCUT2D eigenvalue weighted by atomic mass is 16.5. The molecule has 21 heavy (non-hydrogen) atoms. The number of nitrogens with one attached hydrogen (secondary N) is 1. The van der Waals surface area contributed by atoms with Crippen LogP contribution in [-0.2, 0) is 11.8 Å². The first-order valence-electron chi connectivity index (χ1n) is 8.48. The predicted molar refractivity (Wildman–Crippen MR) is 86.2 cm³/mol. The molecule has 1 fully saturated rings. The van der Waals surface area contributed by atoms with Crippen LogP contribution in [0.4, 0.5) is 0 Å². The SMILES string of the molecule is CCCNC(c1ccn(C)n1)C1(OCC)CCC(C)CC1. The van der Waals surface area contributed by atoms with Crippen molar-refractivity contribution in [3.63, 3.8) is 0 Å². The van der Waals surface area contributed by atoms with E-state index in [-0.39, 0.29) is 11.6 Å². The second-order valence-electron chi connectivity index (χ2n) is 6.48. The van der Waals surface area contributed by atoms with Gasteiger partial charge < -0.3 is 10.1 Å². The van der Waals surface area contributed by atoms with E-state index in [1.807, 2.05) is 17.9 Å². The zero-order valence-electron chi connectivity index (χ0n) is 14.1. The topological polar surface area (TPSA) is 39.1 Å². The van der Waals surface area contributed by atoms with Gasteiger partial charge in [0.15, 0.2) is 0 Å². The Morgan fingerprint density at radius 2 is 2.14 bits per heavy atom. The van der Waals surface area contributed by atoms with E-state index in [4.69, 9.17) is 4.74 Å². The number of rotatable bonds is 7. The Kier molecular flexibility index (Phi) is 5.82. The maximum Gasteiger partial charge on any atom is 0.0892 e. The van der Waals surface area contributed by atoms with E-state index in [0.29, 0.717) is 0 Å². The van der Waals surface area contributed by atoms with Gasteiger partial charge in [-0.05, 0) is 57.6 Å². The minimum Gasteiger partial charge on any atom is -0.373 e. The first kappa shape index (κ1) is 16.5. The predicted octanol–water partition coefficient (Wildman–Crippen LogP) is 3.45. The van der Waals surface area contributed by atoms with E-state index in [0.717, 1.165) is 44.0 Å². The molecule has 1 N–H and O–H groups in total. The quantitative estimate of drug-likeness (QED) is 0.837. The molecule has 2 rings (SSSR count). The molecule has 1 unspecified atom stereocenters. The average Bonchev–Trinajstić information content (AvgIpc) is 2.89. The van der Waals surface area contributed by atoms with Crippen molar-refractivity contribution in [3.05, 3.63) is 18.0 Å². The van der Waals surface area contributed by atoms with E-state index < -0.39 is 0 Å². The number of nitrogens with zero attached hydrogens (tertiary/aromatic N) is 2. The molecule has 1 aromatic heterocycles. The summed E-state index contributed by atoms with van der Waals surface area (Å²) in [6, 6.07) is 2.33. The van der Waals surface area contributed by atoms with Crippen LogP contribution >= 0.6 is 0 Å². The van der Waals surface area contributed by atoms with Crippen molar-refractivity contribution in [2.75, 3.05) is 13.2 Å². The van der Waals surface area contributed by atoms with Crippen molar-refractivity contribution in [1.82, 2.24) is 15.1 Å². The van der Waals surface area contributed by atoms with E-state index in [1.165, 1.54) is 12.8 Å². The van der Waals surface area contributed by atoms with Crippen LogP contribution < -0.4 is 5.32 Å². The molecule has 1 aromatic rings. The standard InChI is InChI=1S/C17H31N3O/c1-5-12-18-16(15-9-13-20(4)19-15)17(21-6-2)10-7-14(3)8-11-17/h9,13-14,16,18H,5-8,10-12H2,1-4H3. The van der Waals surface area contributed by atoms with Crippen LogP contribution in [0, 0.1) is 5.92 Å². The van der Waals surface area contributed by atoms with Crippen LogP contribution in [0.1, 0.15) is 64.6 Å². The number of ether oxygens (including phenoxy) is 1. The third-order valence-electron chi connectivity index (χ3n) is 4.71. The summed E-state index contributed by atoms with van der Waals surface area (Å²) in [4.78, 5) is 0. The van der Waals surface area contributed by atoms with Crippen molar-refractivity contribution in [1.29, 1.82) is 0 Å². The molecule has 0 saturated heterocycles. The summed E-state index contributed by atoms with van der Waals surface area (Å²) in [6.45, 7) is 8.44. The van der Waals surface area contributed by atoms with Gasteiger partial charge in [-0.25, -0.2) is 0 Å². The van der Waals surface area contributed by atoms with Crippen molar-refractivity contribution >= 4 is 0 Å². The summed E-state index contributed by atoms with van der Waals surface area (Å²) in [5.74, 6) is 0.814. The van der Waals surface area contributed by atoms with Gasteiger partial charge in [0, 0.05) is 19.9 Å². The Hall–Kier alpha value is -0.870. The Balaban J connectivity index is 2.26. The van der Waals surface area contributed by atoms with Crippen molar-refractivity contribution in [3.8, 4) is 0 Å². The van der Waals surface area contributed by atoms with Crippen LogP contribution in [0.5, 0.6) is 0 Å². The molecule has 4 heteroatoms. The smallest absolute Gasteiger partial charge is 0.0892 e. The maximum atomic E-state index is 6.33. The van der Waals surface area contributed by atoms with Gasteiger partial charge in [0.2, 0.25) is 0 Å². The molecular weight excluding hydrogens is 262 g/mol. The number of hydrogen-bond donors (Lipinski definition) is 1. The van der Waals surface area contributed by atoms with Gasteiger partial charge in [-0.15, -0.1) is 0 Å². The fourth-order valence-corrected chi connectivity index (χ4v) is 3.49.